The molecule has 1 heteroatoms. The van der Waals surface area contributed by atoms with Crippen LogP contribution in [0.25, 0.3) is 0 Å². The van der Waals surface area contributed by atoms with Gasteiger partial charge in [-0.25, -0.2) is 0 Å². The van der Waals surface area contributed by atoms with Crippen LogP contribution >= 0.6 is 0 Å². The largest absolute Gasteiger partial charge is 0.324 e. The van der Waals surface area contributed by atoms with Gasteiger partial charge in [-0.3, -0.25) is 0 Å². The van der Waals surface area contributed by atoms with Gasteiger partial charge in [0.1, 0.15) is 0 Å². The van der Waals surface area contributed by atoms with Gasteiger partial charge >= 0.3 is 0 Å². The number of benzene rings is 1. The lowest BCUT2D eigenvalue weighted by molar-refractivity contribution is 0.767. The van der Waals surface area contributed by atoms with Crippen molar-refractivity contribution in [2.75, 3.05) is 0 Å². The fourth-order valence-electron chi connectivity index (χ4n) is 1.04. The van der Waals surface area contributed by atoms with Crippen LogP contribution in [0.4, 0.5) is 0 Å². The van der Waals surface area contributed by atoms with E-state index in [-0.39, 0.29) is 6.04 Å². The molecule has 0 fully saturated rings. The molecule has 0 amide bonds. The van der Waals surface area contributed by atoms with Crippen LogP contribution in [0, 0.1) is 0 Å². The molecule has 0 spiro atoms. The van der Waals surface area contributed by atoms with E-state index in [0.717, 1.165) is 12.0 Å². The van der Waals surface area contributed by atoms with E-state index in [1.54, 1.807) is 0 Å². The molecule has 1 aromatic carbocycles. The molecule has 1 aromatic rings. The molecule has 0 aromatic heterocycles. The highest BCUT2D eigenvalue weighted by Gasteiger charge is 2.02. The molecule has 1 nitrogen and oxygen atoms in total. The molecule has 0 saturated heterocycles. The standard InChI is InChI=1S/C11H15N.2C2H6/c1-9(2)11(12)8-10-6-4-3-5-7-10;2*1-2/h3-7,11H,1,8,12H2,2H3;2*1-2H3. The van der Waals surface area contributed by atoms with Crippen LogP contribution < -0.4 is 5.73 Å². The van der Waals surface area contributed by atoms with Gasteiger partial charge in [-0.2, -0.15) is 0 Å². The molecule has 0 saturated carbocycles. The molecule has 1 atom stereocenters. The van der Waals surface area contributed by atoms with E-state index in [0.29, 0.717) is 0 Å². The Morgan fingerprint density at radius 1 is 1.12 bits per heavy atom. The number of rotatable bonds is 3. The first-order valence-corrected chi connectivity index (χ1v) is 6.15. The van der Waals surface area contributed by atoms with E-state index in [1.807, 2.05) is 52.8 Å². The molecular weight excluding hydrogens is 194 g/mol. The predicted octanol–water partition coefficient (Wildman–Crippen LogP) is 4.18. The minimum atomic E-state index is 0.0902. The summed E-state index contributed by atoms with van der Waals surface area (Å²) in [6, 6.07) is 10.3. The summed E-state index contributed by atoms with van der Waals surface area (Å²) < 4.78 is 0. The summed E-state index contributed by atoms with van der Waals surface area (Å²) in [4.78, 5) is 0. The molecule has 16 heavy (non-hydrogen) atoms. The molecule has 2 N–H and O–H groups in total. The van der Waals surface area contributed by atoms with Gasteiger partial charge in [0.15, 0.2) is 0 Å². The van der Waals surface area contributed by atoms with Crippen molar-refractivity contribution in [1.82, 2.24) is 0 Å². The van der Waals surface area contributed by atoms with Crippen molar-refractivity contribution in [3.05, 3.63) is 48.0 Å². The fraction of sp³-hybridized carbons (Fsp3) is 0.467. The Bertz CT molecular complexity index is 251. The Morgan fingerprint density at radius 2 is 1.56 bits per heavy atom. The summed E-state index contributed by atoms with van der Waals surface area (Å²) in [5.74, 6) is 0. The quantitative estimate of drug-likeness (QED) is 0.761. The van der Waals surface area contributed by atoms with Crippen LogP contribution in [0.15, 0.2) is 42.5 Å². The second-order valence-electron chi connectivity index (χ2n) is 3.14. The van der Waals surface area contributed by atoms with E-state index in [1.165, 1.54) is 5.56 Å². The van der Waals surface area contributed by atoms with E-state index in [2.05, 4.69) is 18.7 Å². The van der Waals surface area contributed by atoms with Crippen molar-refractivity contribution < 1.29 is 0 Å². The summed E-state index contributed by atoms with van der Waals surface area (Å²) >= 11 is 0. The third kappa shape index (κ3) is 8.25. The zero-order valence-electron chi connectivity index (χ0n) is 11.5. The second kappa shape index (κ2) is 12.0. The maximum absolute atomic E-state index is 5.85. The molecule has 0 radical (unpaired) electrons. The van der Waals surface area contributed by atoms with Gasteiger partial charge in [0.2, 0.25) is 0 Å². The van der Waals surface area contributed by atoms with Crippen molar-refractivity contribution in [3.8, 4) is 0 Å². The average molecular weight is 221 g/mol. The van der Waals surface area contributed by atoms with Gasteiger partial charge in [0.05, 0.1) is 0 Å². The smallest absolute Gasteiger partial charge is 0.0289 e. The highest BCUT2D eigenvalue weighted by molar-refractivity contribution is 5.18. The summed E-state index contributed by atoms with van der Waals surface area (Å²) in [7, 11) is 0. The van der Waals surface area contributed by atoms with Crippen molar-refractivity contribution in [2.24, 2.45) is 5.73 Å². The third-order valence-electron chi connectivity index (χ3n) is 1.93. The van der Waals surface area contributed by atoms with Crippen molar-refractivity contribution in [2.45, 2.75) is 47.1 Å². The zero-order valence-corrected chi connectivity index (χ0v) is 11.5. The summed E-state index contributed by atoms with van der Waals surface area (Å²) in [5, 5.41) is 0. The van der Waals surface area contributed by atoms with Gasteiger partial charge in [0, 0.05) is 6.04 Å². The Kier molecular flexibility index (Phi) is 13.0. The molecule has 0 aliphatic carbocycles. The number of hydrogen-bond donors (Lipinski definition) is 1. The Hall–Kier alpha value is -1.08. The van der Waals surface area contributed by atoms with Crippen LogP contribution in [-0.4, -0.2) is 6.04 Å². The molecule has 1 unspecified atom stereocenters. The Labute approximate surface area is 101 Å². The van der Waals surface area contributed by atoms with Crippen molar-refractivity contribution in [3.63, 3.8) is 0 Å². The molecule has 0 aliphatic rings. The predicted molar refractivity (Wildman–Crippen MR) is 75.6 cm³/mol. The molecule has 0 heterocycles. The Morgan fingerprint density at radius 3 is 1.94 bits per heavy atom. The van der Waals surface area contributed by atoms with E-state index in [9.17, 15) is 0 Å². The maximum atomic E-state index is 5.85. The maximum Gasteiger partial charge on any atom is 0.0289 e. The van der Waals surface area contributed by atoms with Crippen LogP contribution in [0.3, 0.4) is 0 Å². The molecular formula is C15H27N. The normalized spacial score (nSPS) is 10.1. The number of nitrogens with two attached hydrogens (primary N) is 1. The third-order valence-corrected chi connectivity index (χ3v) is 1.93. The van der Waals surface area contributed by atoms with Crippen LogP contribution in [-0.2, 0) is 6.42 Å². The van der Waals surface area contributed by atoms with Gasteiger partial charge in [-0.05, 0) is 18.9 Å². The summed E-state index contributed by atoms with van der Waals surface area (Å²) in [6.45, 7) is 13.8. The van der Waals surface area contributed by atoms with Crippen LogP contribution in [0.2, 0.25) is 0 Å². The summed E-state index contributed by atoms with van der Waals surface area (Å²) in [5.41, 5.74) is 8.16. The van der Waals surface area contributed by atoms with E-state index >= 15 is 0 Å². The topological polar surface area (TPSA) is 26.0 Å². The summed E-state index contributed by atoms with van der Waals surface area (Å²) in [6.07, 6.45) is 0.885. The van der Waals surface area contributed by atoms with Crippen LogP contribution in [0.5, 0.6) is 0 Å². The van der Waals surface area contributed by atoms with Crippen molar-refractivity contribution >= 4 is 0 Å². The highest BCUT2D eigenvalue weighted by atomic mass is 14.6. The monoisotopic (exact) mass is 221 g/mol. The number of hydrogen-bond acceptors (Lipinski definition) is 1. The highest BCUT2D eigenvalue weighted by Crippen LogP contribution is 2.05. The van der Waals surface area contributed by atoms with Gasteiger partial charge < -0.3 is 5.73 Å². The van der Waals surface area contributed by atoms with E-state index < -0.39 is 0 Å². The Balaban J connectivity index is 0. The first-order valence-electron chi connectivity index (χ1n) is 6.15. The first kappa shape index (κ1) is 17.3. The minimum Gasteiger partial charge on any atom is -0.324 e. The van der Waals surface area contributed by atoms with Crippen molar-refractivity contribution in [1.29, 1.82) is 0 Å². The second-order valence-corrected chi connectivity index (χ2v) is 3.14. The molecule has 0 aliphatic heterocycles. The minimum absolute atomic E-state index is 0.0902. The first-order chi connectivity index (χ1) is 7.70. The van der Waals surface area contributed by atoms with Gasteiger partial charge in [-0.15, -0.1) is 0 Å². The molecule has 92 valence electrons. The molecule has 0 bridgehead atoms. The zero-order chi connectivity index (χ0) is 13.0. The van der Waals surface area contributed by atoms with Crippen LogP contribution in [0.1, 0.15) is 40.2 Å². The van der Waals surface area contributed by atoms with E-state index in [4.69, 9.17) is 5.73 Å². The average Bonchev–Trinajstić information content (AvgIpc) is 2.35. The van der Waals surface area contributed by atoms with Gasteiger partial charge in [-0.1, -0.05) is 70.2 Å². The lowest BCUT2D eigenvalue weighted by Crippen LogP contribution is -2.23. The van der Waals surface area contributed by atoms with Gasteiger partial charge in [0.25, 0.3) is 0 Å². The lowest BCUT2D eigenvalue weighted by atomic mass is 10.0. The fourth-order valence-corrected chi connectivity index (χ4v) is 1.04. The lowest BCUT2D eigenvalue weighted by Gasteiger charge is -2.10. The molecule has 1 rings (SSSR count). The SMILES string of the molecule is C=C(C)C(N)Cc1ccccc1.CC.CC.